The lowest BCUT2D eigenvalue weighted by Gasteiger charge is -2.33. The van der Waals surface area contributed by atoms with Crippen molar-refractivity contribution in [2.24, 2.45) is 0 Å². The van der Waals surface area contributed by atoms with Crippen molar-refractivity contribution in [3.63, 3.8) is 0 Å². The van der Waals surface area contributed by atoms with Gasteiger partial charge >= 0.3 is 5.97 Å². The van der Waals surface area contributed by atoms with Gasteiger partial charge in [-0.15, -0.1) is 0 Å². The zero-order valence-electron chi connectivity index (χ0n) is 19.2. The van der Waals surface area contributed by atoms with Crippen LogP contribution in [0, 0.1) is 12.7 Å². The normalized spacial score (nSPS) is 15.1. The first-order chi connectivity index (χ1) is 16.1. The first-order valence-electron chi connectivity index (χ1n) is 11.0. The Kier molecular flexibility index (Phi) is 6.11. The first kappa shape index (κ1) is 23.4. The zero-order valence-corrected chi connectivity index (χ0v) is 19.2. The second-order valence-electron chi connectivity index (χ2n) is 9.27. The van der Waals surface area contributed by atoms with E-state index in [0.717, 1.165) is 40.8 Å². The summed E-state index contributed by atoms with van der Waals surface area (Å²) in [5, 5.41) is 22.0. The van der Waals surface area contributed by atoms with E-state index >= 15 is 0 Å². The highest BCUT2D eigenvalue weighted by molar-refractivity contribution is 5.96. The van der Waals surface area contributed by atoms with Crippen molar-refractivity contribution < 1.29 is 24.2 Å². The molecule has 6 heteroatoms. The topological polar surface area (TPSA) is 86.6 Å². The average molecular weight is 460 g/mol. The summed E-state index contributed by atoms with van der Waals surface area (Å²) in [6, 6.07) is 16.9. The Morgan fingerprint density at radius 1 is 1.03 bits per heavy atom. The highest BCUT2D eigenvalue weighted by Gasteiger charge is 2.30. The Hall–Kier alpha value is -3.77. The number of hydrogen-bond donors (Lipinski definition) is 3. The molecule has 34 heavy (non-hydrogen) atoms. The Balaban J connectivity index is 1.62. The number of allylic oxidation sites excluding steroid dienone is 1. The molecular weight excluding hydrogens is 433 g/mol. The monoisotopic (exact) mass is 459 g/mol. The van der Waals surface area contributed by atoms with E-state index in [-0.39, 0.29) is 16.7 Å². The molecular formula is C28H26FNO4. The number of hydrogen-bond acceptors (Lipinski definition) is 3. The molecule has 1 atom stereocenters. The SMILES string of the molecule is Cc1ccc(C2=CCC(C)(C)c3cc(C(O)C(=O)Nc4ccc(C(=O)O)cc4F)ccc32)cc1. The van der Waals surface area contributed by atoms with Gasteiger partial charge in [-0.3, -0.25) is 4.79 Å². The fourth-order valence-electron chi connectivity index (χ4n) is 4.21. The number of carbonyl (C=O) groups is 2. The van der Waals surface area contributed by atoms with E-state index < -0.39 is 23.8 Å². The number of rotatable bonds is 5. The van der Waals surface area contributed by atoms with Gasteiger partial charge in [0, 0.05) is 0 Å². The van der Waals surface area contributed by atoms with Crippen molar-refractivity contribution in [1.82, 2.24) is 0 Å². The smallest absolute Gasteiger partial charge is 0.335 e. The summed E-state index contributed by atoms with van der Waals surface area (Å²) in [5.41, 5.74) is 5.24. The highest BCUT2D eigenvalue weighted by atomic mass is 19.1. The van der Waals surface area contributed by atoms with Gasteiger partial charge in [0.25, 0.3) is 5.91 Å². The van der Waals surface area contributed by atoms with Crippen molar-refractivity contribution in [2.75, 3.05) is 5.32 Å². The van der Waals surface area contributed by atoms with Gasteiger partial charge < -0.3 is 15.5 Å². The Morgan fingerprint density at radius 2 is 1.74 bits per heavy atom. The number of amides is 1. The molecule has 1 amide bonds. The molecule has 3 aromatic rings. The van der Waals surface area contributed by atoms with Crippen LogP contribution in [0.25, 0.3) is 5.57 Å². The fraction of sp³-hybridized carbons (Fsp3) is 0.214. The molecule has 0 heterocycles. The molecule has 0 spiro atoms. The van der Waals surface area contributed by atoms with Gasteiger partial charge in [0.1, 0.15) is 5.82 Å². The number of aromatic carboxylic acids is 1. The Labute approximate surface area is 197 Å². The van der Waals surface area contributed by atoms with Gasteiger partial charge in [0.05, 0.1) is 11.3 Å². The van der Waals surface area contributed by atoms with Crippen LogP contribution in [0.5, 0.6) is 0 Å². The lowest BCUT2D eigenvalue weighted by molar-refractivity contribution is -0.124. The molecule has 0 bridgehead atoms. The van der Waals surface area contributed by atoms with E-state index in [4.69, 9.17) is 5.11 Å². The third-order valence-electron chi connectivity index (χ3n) is 6.28. The number of carbonyl (C=O) groups excluding carboxylic acids is 1. The lowest BCUT2D eigenvalue weighted by atomic mass is 9.71. The van der Waals surface area contributed by atoms with Crippen LogP contribution in [0.15, 0.2) is 66.7 Å². The number of nitrogens with one attached hydrogen (secondary N) is 1. The van der Waals surface area contributed by atoms with Crippen LogP contribution in [-0.2, 0) is 10.2 Å². The summed E-state index contributed by atoms with van der Waals surface area (Å²) in [5.74, 6) is -2.96. The molecule has 1 unspecified atom stereocenters. The fourth-order valence-corrected chi connectivity index (χ4v) is 4.21. The molecule has 0 saturated carbocycles. The van der Waals surface area contributed by atoms with Crippen molar-refractivity contribution in [2.45, 2.75) is 38.7 Å². The number of aliphatic hydroxyl groups excluding tert-OH is 1. The van der Waals surface area contributed by atoms with Crippen molar-refractivity contribution >= 4 is 23.1 Å². The Morgan fingerprint density at radius 3 is 2.38 bits per heavy atom. The van der Waals surface area contributed by atoms with Crippen molar-refractivity contribution in [3.8, 4) is 0 Å². The summed E-state index contributed by atoms with van der Waals surface area (Å²) in [6.07, 6.45) is 1.50. The molecule has 0 fully saturated rings. The predicted octanol–water partition coefficient (Wildman–Crippen LogP) is 5.62. The molecule has 1 aliphatic rings. The number of benzene rings is 3. The van der Waals surface area contributed by atoms with Crippen LogP contribution in [0.1, 0.15) is 64.5 Å². The summed E-state index contributed by atoms with van der Waals surface area (Å²) in [6.45, 7) is 6.27. The number of anilines is 1. The summed E-state index contributed by atoms with van der Waals surface area (Å²) in [7, 11) is 0. The van der Waals surface area contributed by atoms with E-state index in [1.54, 1.807) is 6.07 Å². The van der Waals surface area contributed by atoms with Crippen LogP contribution < -0.4 is 5.32 Å². The first-order valence-corrected chi connectivity index (χ1v) is 11.0. The molecule has 0 saturated heterocycles. The van der Waals surface area contributed by atoms with Crippen LogP contribution in [-0.4, -0.2) is 22.1 Å². The average Bonchev–Trinajstić information content (AvgIpc) is 2.80. The number of fused-ring (bicyclic) bond motifs is 1. The van der Waals surface area contributed by atoms with Gasteiger partial charge in [0.15, 0.2) is 6.10 Å². The van der Waals surface area contributed by atoms with Gasteiger partial charge in [-0.05, 0) is 64.8 Å². The molecule has 0 aromatic heterocycles. The molecule has 5 nitrogen and oxygen atoms in total. The summed E-state index contributed by atoms with van der Waals surface area (Å²) < 4.78 is 14.2. The number of carboxylic acids is 1. The largest absolute Gasteiger partial charge is 0.478 e. The highest BCUT2D eigenvalue weighted by Crippen LogP contribution is 2.42. The van der Waals surface area contributed by atoms with Gasteiger partial charge in [-0.25, -0.2) is 9.18 Å². The van der Waals surface area contributed by atoms with E-state index in [1.165, 1.54) is 11.6 Å². The van der Waals surface area contributed by atoms with Crippen LogP contribution >= 0.6 is 0 Å². The number of aliphatic hydroxyl groups is 1. The predicted molar refractivity (Wildman–Crippen MR) is 129 cm³/mol. The molecule has 3 N–H and O–H groups in total. The zero-order chi connectivity index (χ0) is 24.6. The van der Waals surface area contributed by atoms with E-state index in [9.17, 15) is 19.1 Å². The second kappa shape index (κ2) is 8.88. The lowest BCUT2D eigenvalue weighted by Crippen LogP contribution is -2.25. The summed E-state index contributed by atoms with van der Waals surface area (Å²) >= 11 is 0. The number of carboxylic acid groups (broad SMARTS) is 1. The van der Waals surface area contributed by atoms with E-state index in [2.05, 4.69) is 49.5 Å². The van der Waals surface area contributed by atoms with Gasteiger partial charge in [-0.2, -0.15) is 0 Å². The van der Waals surface area contributed by atoms with Gasteiger partial charge in [-0.1, -0.05) is 68.0 Å². The molecule has 0 aliphatic heterocycles. The third-order valence-corrected chi connectivity index (χ3v) is 6.28. The number of aryl methyl sites for hydroxylation is 1. The molecule has 4 rings (SSSR count). The maximum atomic E-state index is 14.2. The van der Waals surface area contributed by atoms with Crippen molar-refractivity contribution in [1.29, 1.82) is 0 Å². The molecule has 1 aliphatic carbocycles. The van der Waals surface area contributed by atoms with Crippen LogP contribution in [0.2, 0.25) is 0 Å². The molecule has 3 aromatic carbocycles. The minimum absolute atomic E-state index is 0.197. The van der Waals surface area contributed by atoms with E-state index in [1.807, 2.05) is 19.1 Å². The standard InChI is InChI=1S/C28H26FNO4/c1-16-4-6-17(7-5-16)20-12-13-28(2,3)22-14-18(8-10-21(20)22)25(31)26(32)30-24-11-9-19(27(33)34)15-23(24)29/h4-12,14-15,25,31H,13H2,1-3H3,(H,30,32)(H,33,34). The third kappa shape index (κ3) is 4.50. The Bertz CT molecular complexity index is 1310. The van der Waals surface area contributed by atoms with E-state index in [0.29, 0.717) is 5.56 Å². The van der Waals surface area contributed by atoms with Crippen LogP contribution in [0.4, 0.5) is 10.1 Å². The quantitative estimate of drug-likeness (QED) is 0.462. The minimum atomic E-state index is -1.52. The summed E-state index contributed by atoms with van der Waals surface area (Å²) in [4.78, 5) is 23.7. The molecule has 174 valence electrons. The molecule has 0 radical (unpaired) electrons. The minimum Gasteiger partial charge on any atom is -0.478 e. The maximum Gasteiger partial charge on any atom is 0.335 e. The van der Waals surface area contributed by atoms with Crippen LogP contribution in [0.3, 0.4) is 0 Å². The van der Waals surface area contributed by atoms with Gasteiger partial charge in [0.2, 0.25) is 0 Å². The maximum absolute atomic E-state index is 14.2. The second-order valence-corrected chi connectivity index (χ2v) is 9.27. The number of halogens is 1. The van der Waals surface area contributed by atoms with Crippen molar-refractivity contribution in [3.05, 3.63) is 106 Å².